The maximum atomic E-state index is 10.4. The van der Waals surface area contributed by atoms with Gasteiger partial charge in [0.05, 0.1) is 6.54 Å². The first-order valence-electron chi connectivity index (χ1n) is 7.50. The van der Waals surface area contributed by atoms with Crippen molar-refractivity contribution in [1.82, 2.24) is 0 Å². The lowest BCUT2D eigenvalue weighted by atomic mass is 10.2. The number of hydrogen-bond acceptors (Lipinski definition) is 4. The molecule has 25 heavy (non-hydrogen) atoms. The Balaban J connectivity index is 1.97. The summed E-state index contributed by atoms with van der Waals surface area (Å²) in [5.74, 6) is 0.561. The molecule has 8 heteroatoms. The minimum absolute atomic E-state index is 0.0439. The summed E-state index contributed by atoms with van der Waals surface area (Å²) in [4.78, 5) is 10.4. The minimum atomic E-state index is -0.865. The zero-order chi connectivity index (χ0) is 18.1. The van der Waals surface area contributed by atoms with Gasteiger partial charge in [0.2, 0.25) is 0 Å². The molecule has 2 aromatic rings. The molecule has 2 aromatic carbocycles. The molecule has 0 aliphatic heterocycles. The highest BCUT2D eigenvalue weighted by atomic mass is 35.5. The molecule has 0 spiro atoms. The van der Waals surface area contributed by atoms with Crippen LogP contribution in [0.25, 0.3) is 0 Å². The third-order valence-electron chi connectivity index (χ3n) is 3.04. The van der Waals surface area contributed by atoms with Crippen molar-refractivity contribution in [2.75, 3.05) is 6.54 Å². The van der Waals surface area contributed by atoms with E-state index in [1.165, 1.54) is 0 Å². The molecule has 0 heterocycles. The van der Waals surface area contributed by atoms with Crippen molar-refractivity contribution in [3.63, 3.8) is 0 Å². The van der Waals surface area contributed by atoms with Crippen molar-refractivity contribution in [2.24, 2.45) is 21.2 Å². The second-order valence-electron chi connectivity index (χ2n) is 5.02. The van der Waals surface area contributed by atoms with E-state index in [2.05, 4.69) is 15.4 Å². The molecular weight excluding hydrogens is 344 g/mol. The molecular formula is C17H17ClN4O3. The number of rotatable bonds is 8. The van der Waals surface area contributed by atoms with Crippen molar-refractivity contribution in [3.05, 3.63) is 59.1 Å². The standard InChI is InChI=1S/C17H17ClN4O3/c18-13-6-8-14(9-7-13)25-15-4-1-3-12(11-15)17(19)21-22-20-10-2-5-16(23)24/h1,3-4,6-9,11H,2,5,10H2,(H,23,24)(H2,19,20,21). The van der Waals surface area contributed by atoms with E-state index in [4.69, 9.17) is 27.2 Å². The van der Waals surface area contributed by atoms with Crippen LogP contribution in [0, 0.1) is 0 Å². The number of carbonyl (C=O) groups is 1. The molecule has 0 aromatic heterocycles. The van der Waals surface area contributed by atoms with Crippen molar-refractivity contribution in [2.45, 2.75) is 12.8 Å². The predicted molar refractivity (Wildman–Crippen MR) is 95.3 cm³/mol. The van der Waals surface area contributed by atoms with Gasteiger partial charge in [-0.2, -0.15) is 5.11 Å². The van der Waals surface area contributed by atoms with Gasteiger partial charge in [0.1, 0.15) is 11.5 Å². The number of carboxylic acid groups (broad SMARTS) is 1. The summed E-state index contributed by atoms with van der Waals surface area (Å²) in [5.41, 5.74) is 6.50. The van der Waals surface area contributed by atoms with E-state index < -0.39 is 5.97 Å². The molecule has 3 N–H and O–H groups in total. The first-order chi connectivity index (χ1) is 12.0. The Morgan fingerprint density at radius 3 is 2.64 bits per heavy atom. The van der Waals surface area contributed by atoms with Crippen LogP contribution >= 0.6 is 11.6 Å². The van der Waals surface area contributed by atoms with Gasteiger partial charge in [-0.3, -0.25) is 4.79 Å². The summed E-state index contributed by atoms with van der Waals surface area (Å²) >= 11 is 5.84. The van der Waals surface area contributed by atoms with E-state index in [1.54, 1.807) is 48.5 Å². The van der Waals surface area contributed by atoms with Crippen LogP contribution in [0.5, 0.6) is 11.5 Å². The molecule has 0 atom stereocenters. The van der Waals surface area contributed by atoms with Crippen LogP contribution in [0.4, 0.5) is 0 Å². The Bertz CT molecular complexity index is 776. The van der Waals surface area contributed by atoms with Crippen LogP contribution in [0.15, 0.2) is 64.0 Å². The topological polar surface area (TPSA) is 110 Å². The van der Waals surface area contributed by atoms with Crippen molar-refractivity contribution >= 4 is 23.4 Å². The minimum Gasteiger partial charge on any atom is -0.481 e. The molecule has 0 saturated carbocycles. The normalized spacial score (nSPS) is 11.6. The zero-order valence-corrected chi connectivity index (χ0v) is 14.1. The molecule has 130 valence electrons. The maximum Gasteiger partial charge on any atom is 0.303 e. The van der Waals surface area contributed by atoms with Crippen LogP contribution in [0.1, 0.15) is 18.4 Å². The summed E-state index contributed by atoms with van der Waals surface area (Å²) in [7, 11) is 0. The molecule has 2 rings (SSSR count). The average molecular weight is 361 g/mol. The van der Waals surface area contributed by atoms with Gasteiger partial charge in [-0.15, -0.1) is 5.10 Å². The number of carboxylic acids is 1. The molecule has 0 unspecified atom stereocenters. The van der Waals surface area contributed by atoms with Crippen LogP contribution in [0.3, 0.4) is 0 Å². The maximum absolute atomic E-state index is 10.4. The fraction of sp³-hybridized carbons (Fsp3) is 0.176. The molecule has 0 radical (unpaired) electrons. The number of nitrogens with zero attached hydrogens (tertiary/aromatic N) is 3. The summed E-state index contributed by atoms with van der Waals surface area (Å²) in [6.07, 6.45) is 0.445. The Morgan fingerprint density at radius 2 is 1.92 bits per heavy atom. The average Bonchev–Trinajstić information content (AvgIpc) is 2.60. The first-order valence-corrected chi connectivity index (χ1v) is 7.88. The molecule has 0 fully saturated rings. The third-order valence-corrected chi connectivity index (χ3v) is 3.30. The van der Waals surface area contributed by atoms with E-state index in [1.807, 2.05) is 0 Å². The highest BCUT2D eigenvalue weighted by molar-refractivity contribution is 6.30. The number of amidine groups is 1. The summed E-state index contributed by atoms with van der Waals surface area (Å²) < 4.78 is 5.73. The van der Waals surface area contributed by atoms with Gasteiger partial charge < -0.3 is 15.6 Å². The van der Waals surface area contributed by atoms with Gasteiger partial charge in [-0.25, -0.2) is 0 Å². The lowest BCUT2D eigenvalue weighted by Crippen LogP contribution is -2.12. The predicted octanol–water partition coefficient (Wildman–Crippen LogP) is 4.07. The van der Waals surface area contributed by atoms with Gasteiger partial charge in [-0.05, 0) is 48.0 Å². The first kappa shape index (κ1) is 18.4. The van der Waals surface area contributed by atoms with Crippen LogP contribution in [-0.4, -0.2) is 23.5 Å². The number of halogens is 1. The molecule has 7 nitrogen and oxygen atoms in total. The second kappa shape index (κ2) is 9.39. The molecule has 0 saturated heterocycles. The number of benzene rings is 2. The lowest BCUT2D eigenvalue weighted by Gasteiger charge is -2.07. The Morgan fingerprint density at radius 1 is 1.16 bits per heavy atom. The summed E-state index contributed by atoms with van der Waals surface area (Å²) in [6, 6.07) is 14.1. The second-order valence-corrected chi connectivity index (χ2v) is 5.46. The van der Waals surface area contributed by atoms with E-state index in [0.717, 1.165) is 0 Å². The van der Waals surface area contributed by atoms with Gasteiger partial charge in [0, 0.05) is 17.0 Å². The summed E-state index contributed by atoms with van der Waals surface area (Å²) in [6.45, 7) is 0.281. The summed E-state index contributed by atoms with van der Waals surface area (Å²) in [5, 5.41) is 20.3. The van der Waals surface area contributed by atoms with E-state index >= 15 is 0 Å². The number of nitrogens with two attached hydrogens (primary N) is 1. The lowest BCUT2D eigenvalue weighted by molar-refractivity contribution is -0.137. The van der Waals surface area contributed by atoms with E-state index in [9.17, 15) is 4.79 Å². The van der Waals surface area contributed by atoms with Crippen molar-refractivity contribution in [3.8, 4) is 11.5 Å². The van der Waals surface area contributed by atoms with Crippen molar-refractivity contribution < 1.29 is 14.6 Å². The molecule has 0 aliphatic rings. The smallest absolute Gasteiger partial charge is 0.303 e. The van der Waals surface area contributed by atoms with Crippen LogP contribution in [-0.2, 0) is 4.79 Å². The van der Waals surface area contributed by atoms with Gasteiger partial charge in [0.15, 0.2) is 5.84 Å². The van der Waals surface area contributed by atoms with Crippen molar-refractivity contribution in [1.29, 1.82) is 0 Å². The van der Waals surface area contributed by atoms with E-state index in [-0.39, 0.29) is 18.8 Å². The molecule has 0 aliphatic carbocycles. The van der Waals surface area contributed by atoms with Gasteiger partial charge >= 0.3 is 5.97 Å². The van der Waals surface area contributed by atoms with Gasteiger partial charge in [0.25, 0.3) is 0 Å². The Kier molecular flexibility index (Phi) is 6.91. The van der Waals surface area contributed by atoms with Crippen LogP contribution < -0.4 is 10.5 Å². The largest absolute Gasteiger partial charge is 0.481 e. The van der Waals surface area contributed by atoms with E-state index in [0.29, 0.717) is 28.5 Å². The number of ether oxygens (including phenoxy) is 1. The SMILES string of the molecule is N/C(=N\N=NCCCC(=O)O)c1cccc(Oc2ccc(Cl)cc2)c1. The van der Waals surface area contributed by atoms with Crippen LogP contribution in [0.2, 0.25) is 5.02 Å². The fourth-order valence-electron chi connectivity index (χ4n) is 1.84. The molecule has 0 amide bonds. The third kappa shape index (κ3) is 6.60. The monoisotopic (exact) mass is 360 g/mol. The highest BCUT2D eigenvalue weighted by Gasteiger charge is 2.03. The highest BCUT2D eigenvalue weighted by Crippen LogP contribution is 2.23. The quantitative estimate of drug-likeness (QED) is 0.243. The molecule has 0 bridgehead atoms. The van der Waals surface area contributed by atoms with Gasteiger partial charge in [-0.1, -0.05) is 23.7 Å². The fourth-order valence-corrected chi connectivity index (χ4v) is 1.97. The zero-order valence-electron chi connectivity index (χ0n) is 13.3. The Labute approximate surface area is 149 Å². The Hall–Kier alpha value is -2.93. The number of hydrogen-bond donors (Lipinski definition) is 2. The number of aliphatic carboxylic acids is 1.